The van der Waals surface area contributed by atoms with Crippen molar-refractivity contribution < 1.29 is 14.6 Å². The number of amides is 1. The summed E-state index contributed by atoms with van der Waals surface area (Å²) in [4.78, 5) is 11.7. The Labute approximate surface area is 128 Å². The van der Waals surface area contributed by atoms with Crippen molar-refractivity contribution in [2.45, 2.75) is 20.3 Å². The number of benzene rings is 2. The van der Waals surface area contributed by atoms with Crippen molar-refractivity contribution >= 4 is 11.6 Å². The molecule has 0 aromatic heterocycles. The second-order valence-corrected chi connectivity index (χ2v) is 5.57. The fraction of sp³-hybridized carbons (Fsp3) is 0.235. The number of hydrogen-bond donors (Lipinski definition) is 3. The van der Waals surface area contributed by atoms with Gasteiger partial charge in [0.25, 0.3) is 5.91 Å². The third kappa shape index (κ3) is 1.97. The summed E-state index contributed by atoms with van der Waals surface area (Å²) >= 11 is 0. The Morgan fingerprint density at radius 3 is 2.68 bits per heavy atom. The monoisotopic (exact) mass is 298 g/mol. The van der Waals surface area contributed by atoms with Crippen molar-refractivity contribution in [2.24, 2.45) is 5.73 Å². The van der Waals surface area contributed by atoms with E-state index in [0.717, 1.165) is 16.7 Å². The molecule has 114 valence electrons. The Kier molecular flexibility index (Phi) is 3.20. The summed E-state index contributed by atoms with van der Waals surface area (Å²) < 4.78 is 5.74. The van der Waals surface area contributed by atoms with E-state index in [0.29, 0.717) is 41.2 Å². The summed E-state index contributed by atoms with van der Waals surface area (Å²) in [6.07, 6.45) is 0.708. The van der Waals surface area contributed by atoms with Crippen LogP contribution in [0.5, 0.6) is 11.5 Å². The van der Waals surface area contributed by atoms with Crippen LogP contribution in [0, 0.1) is 13.8 Å². The van der Waals surface area contributed by atoms with Crippen LogP contribution in [-0.2, 0) is 6.42 Å². The molecule has 0 saturated carbocycles. The number of rotatable bonds is 2. The van der Waals surface area contributed by atoms with E-state index in [-0.39, 0.29) is 5.75 Å². The molecule has 1 heterocycles. The Morgan fingerprint density at radius 1 is 1.27 bits per heavy atom. The van der Waals surface area contributed by atoms with Gasteiger partial charge < -0.3 is 21.3 Å². The molecule has 22 heavy (non-hydrogen) atoms. The second-order valence-electron chi connectivity index (χ2n) is 5.57. The number of phenolic OH excluding ortho intramolecular Hbond substituents is 1. The van der Waals surface area contributed by atoms with Crippen LogP contribution in [-0.4, -0.2) is 17.6 Å². The lowest BCUT2D eigenvalue weighted by Crippen LogP contribution is -2.15. The molecular weight excluding hydrogens is 280 g/mol. The predicted octanol–water partition coefficient (Wildman–Crippen LogP) is 2.29. The zero-order valence-electron chi connectivity index (χ0n) is 12.6. The van der Waals surface area contributed by atoms with Gasteiger partial charge in [0.15, 0.2) is 0 Å². The minimum atomic E-state index is -0.566. The van der Waals surface area contributed by atoms with E-state index < -0.39 is 5.91 Å². The first-order valence-corrected chi connectivity index (χ1v) is 7.09. The maximum atomic E-state index is 11.7. The van der Waals surface area contributed by atoms with Crippen molar-refractivity contribution in [3.63, 3.8) is 0 Å². The molecule has 5 N–H and O–H groups in total. The lowest BCUT2D eigenvalue weighted by molar-refractivity contribution is 0.100. The number of hydrogen-bond acceptors (Lipinski definition) is 4. The number of nitrogen functional groups attached to an aromatic ring is 1. The van der Waals surface area contributed by atoms with Crippen molar-refractivity contribution in [3.8, 4) is 22.6 Å². The smallest absolute Gasteiger partial charge is 0.250 e. The van der Waals surface area contributed by atoms with E-state index in [9.17, 15) is 9.90 Å². The molecule has 0 aliphatic carbocycles. The lowest BCUT2D eigenvalue weighted by Gasteiger charge is -2.18. The number of aromatic hydroxyl groups is 1. The molecule has 0 radical (unpaired) electrons. The van der Waals surface area contributed by atoms with Gasteiger partial charge in [-0.2, -0.15) is 0 Å². The Hall–Kier alpha value is -2.69. The molecule has 2 aromatic carbocycles. The van der Waals surface area contributed by atoms with Crippen molar-refractivity contribution in [3.05, 3.63) is 40.5 Å². The van der Waals surface area contributed by atoms with E-state index >= 15 is 0 Å². The minimum absolute atomic E-state index is 0.177. The van der Waals surface area contributed by atoms with Gasteiger partial charge in [-0.1, -0.05) is 6.07 Å². The quantitative estimate of drug-likeness (QED) is 0.741. The average molecular weight is 298 g/mol. The van der Waals surface area contributed by atoms with Crippen LogP contribution in [0.1, 0.15) is 27.0 Å². The maximum Gasteiger partial charge on any atom is 0.250 e. The molecule has 5 nitrogen and oxygen atoms in total. The first-order valence-electron chi connectivity index (χ1n) is 7.09. The first kappa shape index (κ1) is 14.3. The van der Waals surface area contributed by atoms with Crippen LogP contribution in [0.15, 0.2) is 18.2 Å². The Morgan fingerprint density at radius 2 is 2.00 bits per heavy atom. The maximum absolute atomic E-state index is 11.7. The summed E-state index contributed by atoms with van der Waals surface area (Å²) in [6, 6.07) is 5.16. The topological polar surface area (TPSA) is 98.6 Å². The molecule has 1 aliphatic rings. The molecule has 0 bridgehead atoms. The third-order valence-electron chi connectivity index (χ3n) is 4.17. The third-order valence-corrected chi connectivity index (χ3v) is 4.17. The highest BCUT2D eigenvalue weighted by Crippen LogP contribution is 2.46. The number of fused-ring (bicyclic) bond motifs is 1. The van der Waals surface area contributed by atoms with Crippen LogP contribution in [0.4, 0.5) is 5.69 Å². The summed E-state index contributed by atoms with van der Waals surface area (Å²) in [7, 11) is 0. The SMILES string of the molecule is Cc1ccc(O)c(C)c1-c1c(N)c(C(N)=O)cc2c1OCC2. The number of anilines is 1. The average Bonchev–Trinajstić information content (AvgIpc) is 2.92. The molecule has 0 saturated heterocycles. The normalized spacial score (nSPS) is 12.8. The molecule has 3 rings (SSSR count). The van der Waals surface area contributed by atoms with Crippen LogP contribution in [0.25, 0.3) is 11.1 Å². The summed E-state index contributed by atoms with van der Waals surface area (Å²) in [5.74, 6) is 0.291. The van der Waals surface area contributed by atoms with E-state index in [1.54, 1.807) is 12.1 Å². The van der Waals surface area contributed by atoms with Gasteiger partial charge in [0.2, 0.25) is 0 Å². The second kappa shape index (κ2) is 4.94. The molecule has 1 amide bonds. The zero-order chi connectivity index (χ0) is 16.0. The van der Waals surface area contributed by atoms with Gasteiger partial charge in [0.1, 0.15) is 11.5 Å². The highest BCUT2D eigenvalue weighted by atomic mass is 16.5. The molecule has 1 aliphatic heterocycles. The Bertz CT molecular complexity index is 797. The summed E-state index contributed by atoms with van der Waals surface area (Å²) in [5.41, 5.74) is 16.3. The molecule has 0 unspecified atom stereocenters. The van der Waals surface area contributed by atoms with Gasteiger partial charge in [0, 0.05) is 12.0 Å². The van der Waals surface area contributed by atoms with Crippen molar-refractivity contribution in [1.82, 2.24) is 0 Å². The number of nitrogens with two attached hydrogens (primary N) is 2. The van der Waals surface area contributed by atoms with Crippen LogP contribution < -0.4 is 16.2 Å². The predicted molar refractivity (Wildman–Crippen MR) is 85.1 cm³/mol. The van der Waals surface area contributed by atoms with E-state index in [4.69, 9.17) is 16.2 Å². The lowest BCUT2D eigenvalue weighted by atomic mass is 9.89. The van der Waals surface area contributed by atoms with E-state index in [1.165, 1.54) is 0 Å². The molecule has 0 fully saturated rings. The number of carbonyl (C=O) groups is 1. The van der Waals surface area contributed by atoms with Crippen molar-refractivity contribution in [1.29, 1.82) is 0 Å². The van der Waals surface area contributed by atoms with Crippen LogP contribution >= 0.6 is 0 Å². The van der Waals surface area contributed by atoms with Gasteiger partial charge in [-0.3, -0.25) is 4.79 Å². The van der Waals surface area contributed by atoms with Gasteiger partial charge in [-0.25, -0.2) is 0 Å². The number of carbonyl (C=O) groups excluding carboxylic acids is 1. The Balaban J connectivity index is 2.42. The highest BCUT2D eigenvalue weighted by molar-refractivity contribution is 6.04. The van der Waals surface area contributed by atoms with Crippen LogP contribution in [0.3, 0.4) is 0 Å². The van der Waals surface area contributed by atoms with Gasteiger partial charge in [0.05, 0.1) is 17.9 Å². The van der Waals surface area contributed by atoms with E-state index in [1.807, 2.05) is 19.9 Å². The fourth-order valence-electron chi connectivity index (χ4n) is 3.02. The van der Waals surface area contributed by atoms with Gasteiger partial charge in [-0.15, -0.1) is 0 Å². The standard InChI is InChI=1S/C17H18N2O3/c1-8-3-4-12(20)9(2)13(8)14-15(18)11(17(19)21)7-10-5-6-22-16(10)14/h3-4,7,20H,5-6,18H2,1-2H3,(H2,19,21). The molecule has 5 heteroatoms. The number of ether oxygens (including phenoxy) is 1. The van der Waals surface area contributed by atoms with Crippen molar-refractivity contribution in [2.75, 3.05) is 12.3 Å². The zero-order valence-corrected chi connectivity index (χ0v) is 12.6. The molecule has 2 aromatic rings. The minimum Gasteiger partial charge on any atom is -0.508 e. The fourth-order valence-corrected chi connectivity index (χ4v) is 3.02. The first-order chi connectivity index (χ1) is 10.4. The molecule has 0 spiro atoms. The van der Waals surface area contributed by atoms with Crippen LogP contribution in [0.2, 0.25) is 0 Å². The molecule has 0 atom stereocenters. The van der Waals surface area contributed by atoms with E-state index in [2.05, 4.69) is 0 Å². The molecular formula is C17H18N2O3. The summed E-state index contributed by atoms with van der Waals surface area (Å²) in [6.45, 7) is 4.29. The number of primary amides is 1. The van der Waals surface area contributed by atoms with Gasteiger partial charge >= 0.3 is 0 Å². The number of aryl methyl sites for hydroxylation is 1. The highest BCUT2D eigenvalue weighted by Gasteiger charge is 2.26. The largest absolute Gasteiger partial charge is 0.508 e. The number of phenols is 1. The summed E-state index contributed by atoms with van der Waals surface area (Å²) in [5, 5.41) is 10.0. The van der Waals surface area contributed by atoms with Gasteiger partial charge in [-0.05, 0) is 48.2 Å².